The van der Waals surface area contributed by atoms with Gasteiger partial charge in [-0.15, -0.1) is 0 Å². The molecule has 6 N–H and O–H groups in total. The monoisotopic (exact) mass is 654 g/mol. The average Bonchev–Trinajstić information content (AvgIpc) is 3.02. The Kier molecular flexibility index (Phi) is 27.7. The number of aliphatic imine (C=N–C) groups is 1. The predicted molar refractivity (Wildman–Crippen MR) is 185 cm³/mol. The zero-order valence-corrected chi connectivity index (χ0v) is 29.5. The van der Waals surface area contributed by atoms with Gasteiger partial charge in [-0.25, -0.2) is 0 Å². The van der Waals surface area contributed by atoms with Gasteiger partial charge in [0, 0.05) is 19.5 Å². The van der Waals surface area contributed by atoms with E-state index in [1.54, 1.807) is 0 Å². The third-order valence-electron chi connectivity index (χ3n) is 8.02. The van der Waals surface area contributed by atoms with Crippen molar-refractivity contribution in [2.75, 3.05) is 26.3 Å². The molecule has 2 unspecified atom stereocenters. The van der Waals surface area contributed by atoms with E-state index in [4.69, 9.17) is 20.9 Å². The highest BCUT2D eigenvalue weighted by Crippen LogP contribution is 2.19. The molecule has 3 atom stereocenters. The molecule has 11 heteroatoms. The highest BCUT2D eigenvalue weighted by atomic mass is 16.5. The van der Waals surface area contributed by atoms with Gasteiger partial charge in [0.15, 0.2) is 5.96 Å². The smallest absolute Gasteiger partial charge is 0.308 e. The Hall–Kier alpha value is -2.85. The molecule has 0 spiro atoms. The minimum Gasteiger partial charge on any atom is -0.465 e. The van der Waals surface area contributed by atoms with Crippen LogP contribution in [0.5, 0.6) is 0 Å². The summed E-state index contributed by atoms with van der Waals surface area (Å²) in [5, 5.41) is 5.68. The van der Waals surface area contributed by atoms with Gasteiger partial charge in [-0.05, 0) is 64.2 Å². The minimum absolute atomic E-state index is 0.0229. The summed E-state index contributed by atoms with van der Waals surface area (Å²) >= 11 is 0. The summed E-state index contributed by atoms with van der Waals surface area (Å²) in [6.07, 6.45) is 15.8. The zero-order chi connectivity index (χ0) is 34.4. The summed E-state index contributed by atoms with van der Waals surface area (Å²) in [5.41, 5.74) is 10.9. The summed E-state index contributed by atoms with van der Waals surface area (Å²) in [4.78, 5) is 54.4. The van der Waals surface area contributed by atoms with Crippen molar-refractivity contribution < 1.29 is 28.7 Å². The fourth-order valence-electron chi connectivity index (χ4n) is 5.30. The quantitative estimate of drug-likeness (QED) is 0.0332. The van der Waals surface area contributed by atoms with Gasteiger partial charge >= 0.3 is 11.9 Å². The molecule has 0 bridgehead atoms. The third kappa shape index (κ3) is 23.5. The molecule has 0 saturated carbocycles. The summed E-state index contributed by atoms with van der Waals surface area (Å²) < 4.78 is 11.0. The van der Waals surface area contributed by atoms with Crippen LogP contribution in [-0.4, -0.2) is 62.1 Å². The minimum atomic E-state index is -0.768. The van der Waals surface area contributed by atoms with Crippen LogP contribution in [0.25, 0.3) is 0 Å². The van der Waals surface area contributed by atoms with Crippen molar-refractivity contribution in [3.8, 4) is 0 Å². The Bertz CT molecular complexity index is 849. The maximum Gasteiger partial charge on any atom is 0.308 e. The highest BCUT2D eigenvalue weighted by Gasteiger charge is 2.21. The second-order valence-corrected chi connectivity index (χ2v) is 12.3. The van der Waals surface area contributed by atoms with Crippen LogP contribution in [-0.2, 0) is 28.7 Å². The van der Waals surface area contributed by atoms with Crippen molar-refractivity contribution in [2.24, 2.45) is 28.3 Å². The topological polar surface area (TPSA) is 175 Å². The van der Waals surface area contributed by atoms with Gasteiger partial charge in [0.1, 0.15) is 6.04 Å². The summed E-state index contributed by atoms with van der Waals surface area (Å²) in [5.74, 6) is -0.893. The number of nitrogens with two attached hydrogens (primary N) is 2. The molecule has 0 aliphatic rings. The highest BCUT2D eigenvalue weighted by molar-refractivity contribution is 5.87. The van der Waals surface area contributed by atoms with Gasteiger partial charge in [-0.2, -0.15) is 0 Å². The molecule has 268 valence electrons. The van der Waals surface area contributed by atoms with E-state index in [9.17, 15) is 19.2 Å². The Balaban J connectivity index is 4.49. The first kappa shape index (κ1) is 43.1. The first-order valence-electron chi connectivity index (χ1n) is 18.2. The standard InChI is InChI=1S/C35H67N5O6/c1-5-9-12-20-28(18-7-3)33(43)45-26-16-11-14-22-31(41)40-30(23-25-39-35(36)37)32(42)38-24-15-17-27-46-34(44)29(19-8-4)21-13-10-6-2/h28-30H,5-27H2,1-4H3,(H,38,42)(H,40,41)(H4,36,37,39)/t28?,29?,30-/m0/s1. The molecule has 0 aliphatic carbocycles. The van der Waals surface area contributed by atoms with E-state index in [2.05, 4.69) is 43.3 Å². The fraction of sp³-hybridized carbons (Fsp3) is 0.857. The van der Waals surface area contributed by atoms with E-state index in [-0.39, 0.29) is 60.9 Å². The lowest BCUT2D eigenvalue weighted by atomic mass is 9.97. The second kappa shape index (κ2) is 29.5. The lowest BCUT2D eigenvalue weighted by Crippen LogP contribution is -2.47. The molecule has 11 nitrogen and oxygen atoms in total. The number of ether oxygens (including phenoxy) is 2. The Morgan fingerprint density at radius 1 is 0.630 bits per heavy atom. The van der Waals surface area contributed by atoms with Crippen LogP contribution >= 0.6 is 0 Å². The number of guanidine groups is 1. The molecular weight excluding hydrogens is 586 g/mol. The lowest BCUT2D eigenvalue weighted by molar-refractivity contribution is -0.150. The van der Waals surface area contributed by atoms with Gasteiger partial charge in [0.2, 0.25) is 11.8 Å². The van der Waals surface area contributed by atoms with Crippen molar-refractivity contribution in [3.63, 3.8) is 0 Å². The molecular formula is C35H67N5O6. The normalized spacial score (nSPS) is 12.9. The zero-order valence-electron chi connectivity index (χ0n) is 29.5. The second-order valence-electron chi connectivity index (χ2n) is 12.3. The van der Waals surface area contributed by atoms with Gasteiger partial charge in [0.05, 0.1) is 25.0 Å². The first-order valence-corrected chi connectivity index (χ1v) is 18.2. The SMILES string of the molecule is CCCCCC(CCC)C(=O)OCCCCCC(=O)N[C@@H](CCN=C(N)N)C(=O)NCCCCOC(=O)C(CCC)CCCCC. The van der Waals surface area contributed by atoms with Crippen LogP contribution in [0.4, 0.5) is 0 Å². The number of nitrogens with one attached hydrogen (secondary N) is 2. The van der Waals surface area contributed by atoms with E-state index in [0.29, 0.717) is 45.4 Å². The summed E-state index contributed by atoms with van der Waals surface area (Å²) in [7, 11) is 0. The molecule has 2 amide bonds. The van der Waals surface area contributed by atoms with Crippen molar-refractivity contribution in [1.29, 1.82) is 0 Å². The number of carbonyl (C=O) groups is 4. The van der Waals surface area contributed by atoms with Crippen LogP contribution in [0.2, 0.25) is 0 Å². The molecule has 0 rings (SSSR count). The molecule has 0 aromatic carbocycles. The number of esters is 2. The van der Waals surface area contributed by atoms with Crippen LogP contribution in [0, 0.1) is 11.8 Å². The fourth-order valence-corrected chi connectivity index (χ4v) is 5.30. The van der Waals surface area contributed by atoms with Crippen molar-refractivity contribution in [1.82, 2.24) is 10.6 Å². The molecule has 0 radical (unpaired) electrons. The van der Waals surface area contributed by atoms with E-state index in [0.717, 1.165) is 83.5 Å². The Labute approximate surface area is 279 Å². The average molecular weight is 654 g/mol. The maximum atomic E-state index is 12.9. The van der Waals surface area contributed by atoms with Gasteiger partial charge in [0.25, 0.3) is 0 Å². The maximum absolute atomic E-state index is 12.9. The largest absolute Gasteiger partial charge is 0.465 e. The lowest BCUT2D eigenvalue weighted by Gasteiger charge is -2.18. The number of rotatable bonds is 30. The number of amides is 2. The van der Waals surface area contributed by atoms with E-state index >= 15 is 0 Å². The van der Waals surface area contributed by atoms with Gasteiger partial charge < -0.3 is 31.6 Å². The van der Waals surface area contributed by atoms with E-state index in [1.165, 1.54) is 0 Å². The van der Waals surface area contributed by atoms with E-state index < -0.39 is 6.04 Å². The summed E-state index contributed by atoms with van der Waals surface area (Å²) in [6.45, 7) is 9.75. The van der Waals surface area contributed by atoms with Gasteiger partial charge in [-0.1, -0.05) is 79.1 Å². The molecule has 0 saturated heterocycles. The number of unbranched alkanes of at least 4 members (excludes halogenated alkanes) is 7. The van der Waals surface area contributed by atoms with Crippen LogP contribution in [0.1, 0.15) is 150 Å². The van der Waals surface area contributed by atoms with Crippen LogP contribution < -0.4 is 22.1 Å². The molecule has 0 fully saturated rings. The predicted octanol–water partition coefficient (Wildman–Crippen LogP) is 5.67. The van der Waals surface area contributed by atoms with Crippen LogP contribution in [0.15, 0.2) is 4.99 Å². The number of hydrogen-bond acceptors (Lipinski definition) is 7. The van der Waals surface area contributed by atoms with Crippen LogP contribution in [0.3, 0.4) is 0 Å². The van der Waals surface area contributed by atoms with Gasteiger partial charge in [-0.3, -0.25) is 24.2 Å². The molecule has 0 aliphatic heterocycles. The molecule has 0 heterocycles. The van der Waals surface area contributed by atoms with Crippen molar-refractivity contribution in [3.05, 3.63) is 0 Å². The Morgan fingerprint density at radius 3 is 1.67 bits per heavy atom. The molecule has 0 aromatic rings. The third-order valence-corrected chi connectivity index (χ3v) is 8.02. The van der Waals surface area contributed by atoms with E-state index in [1.807, 2.05) is 0 Å². The van der Waals surface area contributed by atoms with Crippen molar-refractivity contribution >= 4 is 29.7 Å². The number of nitrogens with zero attached hydrogens (tertiary/aromatic N) is 1. The number of carbonyl (C=O) groups excluding carboxylic acids is 4. The first-order chi connectivity index (χ1) is 22.2. The number of hydrogen-bond donors (Lipinski definition) is 4. The summed E-state index contributed by atoms with van der Waals surface area (Å²) in [6, 6.07) is -0.768. The Morgan fingerprint density at radius 2 is 1.17 bits per heavy atom. The van der Waals surface area contributed by atoms with Crippen molar-refractivity contribution in [2.45, 2.75) is 156 Å². The molecule has 46 heavy (non-hydrogen) atoms. The molecule has 0 aromatic heterocycles.